The van der Waals surface area contributed by atoms with E-state index >= 15 is 0 Å². The molecule has 0 fully saturated rings. The average Bonchev–Trinajstić information content (AvgIpc) is 2.03. The Morgan fingerprint density at radius 3 is 2.50 bits per heavy atom. The normalized spacial score (nSPS) is 11.8. The van der Waals surface area contributed by atoms with Crippen LogP contribution in [0, 0.1) is 0 Å². The highest BCUT2D eigenvalue weighted by atomic mass is 16.4. The van der Waals surface area contributed by atoms with Gasteiger partial charge in [0.1, 0.15) is 11.8 Å². The number of rotatable bonds is 6. The van der Waals surface area contributed by atoms with Crippen LogP contribution < -0.4 is 5.32 Å². The minimum atomic E-state index is -1.19. The monoisotopic (exact) mass is 173 g/mol. The summed E-state index contributed by atoms with van der Waals surface area (Å²) in [4.78, 5) is 31.1. The number of ketones is 1. The highest BCUT2D eigenvalue weighted by Gasteiger charge is 2.18. The van der Waals surface area contributed by atoms with E-state index in [1.165, 1.54) is 0 Å². The summed E-state index contributed by atoms with van der Waals surface area (Å²) in [6, 6.07) is -1.09. The van der Waals surface area contributed by atoms with Crippen LogP contribution >= 0.6 is 0 Å². The van der Waals surface area contributed by atoms with Gasteiger partial charge in [-0.2, -0.15) is 0 Å². The number of carboxylic acid groups (broad SMARTS) is 1. The molecule has 0 aliphatic heterocycles. The molecule has 1 atom stereocenters. The van der Waals surface area contributed by atoms with Gasteiger partial charge in [-0.25, -0.2) is 4.79 Å². The van der Waals surface area contributed by atoms with Crippen molar-refractivity contribution in [2.75, 3.05) is 0 Å². The largest absolute Gasteiger partial charge is 0.480 e. The van der Waals surface area contributed by atoms with Crippen molar-refractivity contribution in [2.24, 2.45) is 0 Å². The van der Waals surface area contributed by atoms with E-state index in [1.54, 1.807) is 6.92 Å². The van der Waals surface area contributed by atoms with Crippen LogP contribution in [-0.2, 0) is 14.4 Å². The number of aliphatic carboxylic acids is 1. The Hall–Kier alpha value is -1.39. The molecule has 0 rings (SSSR count). The van der Waals surface area contributed by atoms with E-state index in [1.807, 2.05) is 5.32 Å². The Morgan fingerprint density at radius 2 is 2.17 bits per heavy atom. The first kappa shape index (κ1) is 10.6. The molecule has 5 nitrogen and oxygen atoms in total. The van der Waals surface area contributed by atoms with Crippen LogP contribution in [0.2, 0.25) is 0 Å². The van der Waals surface area contributed by atoms with Gasteiger partial charge in [-0.3, -0.25) is 9.59 Å². The summed E-state index contributed by atoms with van der Waals surface area (Å²) < 4.78 is 0. The molecule has 0 aromatic heterocycles. The van der Waals surface area contributed by atoms with Crippen LogP contribution in [0.3, 0.4) is 0 Å². The number of carbonyl (C=O) groups excluding carboxylic acids is 2. The molecule has 0 aliphatic rings. The standard InChI is InChI=1S/C7H11NO4/c1-2-5(10)3-6(7(11)12)8-4-9/h4,6H,2-3H2,1H3,(H,8,9)(H,11,12). The second kappa shape index (κ2) is 5.29. The quantitative estimate of drug-likeness (QED) is 0.533. The van der Waals surface area contributed by atoms with Crippen molar-refractivity contribution in [1.82, 2.24) is 5.32 Å². The third-order valence-electron chi connectivity index (χ3n) is 1.39. The number of carboxylic acids is 1. The highest BCUT2D eigenvalue weighted by Crippen LogP contribution is 1.95. The second-order valence-corrected chi connectivity index (χ2v) is 2.27. The molecule has 0 spiro atoms. The molecular weight excluding hydrogens is 162 g/mol. The summed E-state index contributed by atoms with van der Waals surface area (Å²) in [6.45, 7) is 1.64. The van der Waals surface area contributed by atoms with Crippen molar-refractivity contribution in [1.29, 1.82) is 0 Å². The van der Waals surface area contributed by atoms with Crippen LogP contribution in [0.1, 0.15) is 19.8 Å². The maximum atomic E-state index is 10.8. The summed E-state index contributed by atoms with van der Waals surface area (Å²) >= 11 is 0. The van der Waals surface area contributed by atoms with Gasteiger partial charge in [0.25, 0.3) is 0 Å². The predicted molar refractivity (Wildman–Crippen MR) is 40.5 cm³/mol. The molecule has 2 N–H and O–H groups in total. The van der Waals surface area contributed by atoms with Gasteiger partial charge in [-0.15, -0.1) is 0 Å². The van der Waals surface area contributed by atoms with E-state index in [0.717, 1.165) is 0 Å². The van der Waals surface area contributed by atoms with Crippen LogP contribution in [-0.4, -0.2) is 29.3 Å². The number of hydrogen-bond acceptors (Lipinski definition) is 3. The van der Waals surface area contributed by atoms with E-state index < -0.39 is 12.0 Å². The Morgan fingerprint density at radius 1 is 1.58 bits per heavy atom. The molecule has 0 radical (unpaired) electrons. The molecule has 0 aromatic carbocycles. The third kappa shape index (κ3) is 3.70. The lowest BCUT2D eigenvalue weighted by molar-refractivity contribution is -0.142. The van der Waals surface area contributed by atoms with Crippen molar-refractivity contribution in [2.45, 2.75) is 25.8 Å². The van der Waals surface area contributed by atoms with E-state index in [0.29, 0.717) is 0 Å². The third-order valence-corrected chi connectivity index (χ3v) is 1.39. The Balaban J connectivity index is 4.03. The zero-order chi connectivity index (χ0) is 9.56. The van der Waals surface area contributed by atoms with Gasteiger partial charge in [-0.05, 0) is 0 Å². The molecule has 12 heavy (non-hydrogen) atoms. The summed E-state index contributed by atoms with van der Waals surface area (Å²) in [5.41, 5.74) is 0. The van der Waals surface area contributed by atoms with Gasteiger partial charge in [0.2, 0.25) is 6.41 Å². The molecule has 1 unspecified atom stereocenters. The van der Waals surface area contributed by atoms with Gasteiger partial charge in [0.05, 0.1) is 0 Å². The van der Waals surface area contributed by atoms with Crippen molar-refractivity contribution in [3.8, 4) is 0 Å². The number of nitrogens with one attached hydrogen (secondary N) is 1. The number of carbonyl (C=O) groups is 3. The molecular formula is C7H11NO4. The van der Waals surface area contributed by atoms with Crippen LogP contribution in [0.5, 0.6) is 0 Å². The minimum Gasteiger partial charge on any atom is -0.480 e. The van der Waals surface area contributed by atoms with Crippen molar-refractivity contribution in [3.63, 3.8) is 0 Å². The number of Topliss-reactive ketones (excluding diaryl/α,β-unsaturated/α-hetero) is 1. The van der Waals surface area contributed by atoms with Crippen LogP contribution in [0.25, 0.3) is 0 Å². The predicted octanol–water partition coefficient (Wildman–Crippen LogP) is -0.445. The van der Waals surface area contributed by atoms with Crippen LogP contribution in [0.4, 0.5) is 0 Å². The topological polar surface area (TPSA) is 83.5 Å². The van der Waals surface area contributed by atoms with Crippen molar-refractivity contribution in [3.05, 3.63) is 0 Å². The second-order valence-electron chi connectivity index (χ2n) is 2.27. The zero-order valence-corrected chi connectivity index (χ0v) is 6.74. The van der Waals surface area contributed by atoms with Gasteiger partial charge in [0.15, 0.2) is 0 Å². The first-order valence-corrected chi connectivity index (χ1v) is 3.56. The average molecular weight is 173 g/mol. The molecule has 0 saturated heterocycles. The first-order valence-electron chi connectivity index (χ1n) is 3.56. The fraction of sp³-hybridized carbons (Fsp3) is 0.571. The Kier molecular flexibility index (Phi) is 4.67. The fourth-order valence-corrected chi connectivity index (χ4v) is 0.672. The van der Waals surface area contributed by atoms with Crippen molar-refractivity contribution < 1.29 is 19.5 Å². The lowest BCUT2D eigenvalue weighted by Crippen LogP contribution is -2.37. The molecule has 0 aromatic rings. The Bertz CT molecular complexity index is 190. The van der Waals surface area contributed by atoms with E-state index in [4.69, 9.17) is 5.11 Å². The maximum absolute atomic E-state index is 10.8. The smallest absolute Gasteiger partial charge is 0.326 e. The highest BCUT2D eigenvalue weighted by molar-refractivity contribution is 5.86. The molecule has 0 heterocycles. The summed E-state index contributed by atoms with van der Waals surface area (Å²) in [5, 5.41) is 10.5. The summed E-state index contributed by atoms with van der Waals surface area (Å²) in [5.74, 6) is -1.37. The summed E-state index contributed by atoms with van der Waals surface area (Å²) in [6.07, 6.45) is 0.413. The van der Waals surface area contributed by atoms with Gasteiger partial charge in [0, 0.05) is 12.8 Å². The lowest BCUT2D eigenvalue weighted by atomic mass is 10.1. The minimum absolute atomic E-state index is 0.148. The molecule has 1 amide bonds. The van der Waals surface area contributed by atoms with Crippen molar-refractivity contribution >= 4 is 18.2 Å². The molecule has 5 heteroatoms. The molecule has 0 saturated carbocycles. The fourth-order valence-electron chi connectivity index (χ4n) is 0.672. The molecule has 0 aliphatic carbocycles. The van der Waals surface area contributed by atoms with Gasteiger partial charge < -0.3 is 10.4 Å². The van der Waals surface area contributed by atoms with Gasteiger partial charge in [-0.1, -0.05) is 6.92 Å². The zero-order valence-electron chi connectivity index (χ0n) is 6.74. The van der Waals surface area contributed by atoms with Gasteiger partial charge >= 0.3 is 5.97 Å². The van der Waals surface area contributed by atoms with E-state index in [2.05, 4.69) is 0 Å². The lowest BCUT2D eigenvalue weighted by Gasteiger charge is -2.08. The van der Waals surface area contributed by atoms with Crippen LogP contribution in [0.15, 0.2) is 0 Å². The van der Waals surface area contributed by atoms with E-state index in [-0.39, 0.29) is 25.0 Å². The number of hydrogen-bond donors (Lipinski definition) is 2. The summed E-state index contributed by atoms with van der Waals surface area (Å²) in [7, 11) is 0. The Labute approximate surface area is 69.8 Å². The molecule has 68 valence electrons. The molecule has 0 bridgehead atoms. The SMILES string of the molecule is CCC(=O)CC(NC=O)C(=O)O. The first-order chi connectivity index (χ1) is 5.61. The maximum Gasteiger partial charge on any atom is 0.326 e. The van der Waals surface area contributed by atoms with E-state index in [9.17, 15) is 14.4 Å². The number of amides is 1.